The lowest BCUT2D eigenvalue weighted by molar-refractivity contribution is -0.109. The number of unbranched alkanes of at least 4 members (excludes halogenated alkanes) is 1. The molecule has 1 aromatic carbocycles. The van der Waals surface area contributed by atoms with Gasteiger partial charge in [0.25, 0.3) is 0 Å². The number of thioether (sulfide) groups is 1. The van der Waals surface area contributed by atoms with E-state index in [4.69, 9.17) is 9.84 Å². The third kappa shape index (κ3) is 18.4. The normalized spacial score (nSPS) is 18.4. The molecule has 45 heavy (non-hydrogen) atoms. The minimum absolute atomic E-state index is 0.420. The average Bonchev–Trinajstić information content (AvgIpc) is 3.64. The first-order valence-electron chi connectivity index (χ1n) is 16.6. The first-order chi connectivity index (χ1) is 21.5. The van der Waals surface area contributed by atoms with E-state index in [0.717, 1.165) is 68.7 Å². The molecule has 0 spiro atoms. The van der Waals surface area contributed by atoms with Crippen molar-refractivity contribution in [2.75, 3.05) is 59.7 Å². The molecule has 0 radical (unpaired) electrons. The highest BCUT2D eigenvalue weighted by Gasteiger charge is 2.33. The first kappa shape index (κ1) is 40.7. The molecule has 2 aliphatic heterocycles. The largest absolute Gasteiger partial charge is 0.493 e. The number of rotatable bonds is 16. The van der Waals surface area contributed by atoms with Crippen molar-refractivity contribution in [1.29, 1.82) is 0 Å². The van der Waals surface area contributed by atoms with Gasteiger partial charge in [-0.05, 0) is 118 Å². The van der Waals surface area contributed by atoms with Gasteiger partial charge in [-0.25, -0.2) is 4.79 Å². The van der Waals surface area contributed by atoms with Crippen molar-refractivity contribution < 1.29 is 24.5 Å². The molecule has 2 N–H and O–H groups in total. The van der Waals surface area contributed by atoms with Crippen LogP contribution in [0.15, 0.2) is 42.6 Å². The van der Waals surface area contributed by atoms with Crippen LogP contribution in [0.5, 0.6) is 5.75 Å². The van der Waals surface area contributed by atoms with Crippen LogP contribution in [0.3, 0.4) is 0 Å². The summed E-state index contributed by atoms with van der Waals surface area (Å²) in [5.74, 6) is 2.37. The summed E-state index contributed by atoms with van der Waals surface area (Å²) >= 11 is 0.796. The van der Waals surface area contributed by atoms with Crippen molar-refractivity contribution in [3.63, 3.8) is 0 Å². The fourth-order valence-corrected chi connectivity index (χ4v) is 5.46. The van der Waals surface area contributed by atoms with Crippen molar-refractivity contribution >= 4 is 23.3 Å². The fraction of sp³-hybridized carbons (Fsp3) is 0.667. The summed E-state index contributed by atoms with van der Waals surface area (Å²) in [7, 11) is 4.29. The monoisotopic (exact) mass is 647 g/mol. The Hall–Kier alpha value is -2.33. The number of ether oxygens (including phenoxy) is 1. The van der Waals surface area contributed by atoms with Gasteiger partial charge >= 0.3 is 5.30 Å². The van der Waals surface area contributed by atoms with E-state index >= 15 is 0 Å². The lowest BCUT2D eigenvalue weighted by atomic mass is 9.93. The zero-order valence-corrected chi connectivity index (χ0v) is 29.8. The standard InChI is InChI=1S/C23H32N2O3.C11H25N.C2H4O2S/c1-18(27)5-3-4-10-24(2)11-8-22-16-21(17-25(22)12-13-26)19-6-7-23-20(15-19)9-14-28-23;1-5-6-9-12(4)10-7-8-11(2)3;1-5-2(3)4/h3-7,10,13,15,18,21-22,27H,8-9,11-12,14,16-17H2,1-2H3;11H,5-10H2,1-4H3;1H3,(H,3,4)/b5-3-,10-4-;;/t18?,21?,22-;;/m0../s1. The molecule has 0 bridgehead atoms. The average molecular weight is 648 g/mol. The zero-order chi connectivity index (χ0) is 33.6. The predicted molar refractivity (Wildman–Crippen MR) is 190 cm³/mol. The molecule has 2 aliphatic rings. The van der Waals surface area contributed by atoms with E-state index in [2.05, 4.69) is 67.8 Å². The van der Waals surface area contributed by atoms with Crippen LogP contribution in [0, 0.1) is 5.92 Å². The molecule has 0 aromatic heterocycles. The lowest BCUT2D eigenvalue weighted by Crippen LogP contribution is -2.33. The summed E-state index contributed by atoms with van der Waals surface area (Å²) in [6, 6.07) is 7.02. The minimum Gasteiger partial charge on any atom is -0.493 e. The maximum atomic E-state index is 11.2. The van der Waals surface area contributed by atoms with Crippen LogP contribution in [0.1, 0.15) is 83.3 Å². The predicted octanol–water partition coefficient (Wildman–Crippen LogP) is 6.93. The number of aldehydes is 1. The molecule has 0 amide bonds. The summed E-state index contributed by atoms with van der Waals surface area (Å²) in [6.07, 6.45) is 18.2. The van der Waals surface area contributed by atoms with Crippen molar-refractivity contribution in [3.8, 4) is 5.75 Å². The smallest absolute Gasteiger partial charge is 0.364 e. The van der Waals surface area contributed by atoms with E-state index in [1.165, 1.54) is 56.2 Å². The summed E-state index contributed by atoms with van der Waals surface area (Å²) < 4.78 is 5.63. The number of likely N-dealkylation sites (tertiary alicyclic amines) is 1. The Morgan fingerprint density at radius 2 is 1.87 bits per heavy atom. The molecule has 1 saturated heterocycles. The number of allylic oxidation sites excluding steroid dienone is 2. The number of carboxylic acid groups (broad SMARTS) is 1. The molecule has 2 unspecified atom stereocenters. The Kier molecular flexibility index (Phi) is 21.6. The minimum atomic E-state index is -0.829. The van der Waals surface area contributed by atoms with E-state index in [-0.39, 0.29) is 0 Å². The molecule has 1 fully saturated rings. The van der Waals surface area contributed by atoms with Gasteiger partial charge in [-0.3, -0.25) is 4.90 Å². The second-order valence-electron chi connectivity index (χ2n) is 12.6. The summed E-state index contributed by atoms with van der Waals surface area (Å²) in [5.41, 5.74) is 2.69. The Balaban J connectivity index is 0.000000495. The second kappa shape index (κ2) is 23.9. The van der Waals surface area contributed by atoms with Crippen LogP contribution in [0.4, 0.5) is 4.79 Å². The summed E-state index contributed by atoms with van der Waals surface area (Å²) in [5, 5.41) is 16.1. The molecule has 256 valence electrons. The van der Waals surface area contributed by atoms with Gasteiger partial charge in [-0.1, -0.05) is 51.5 Å². The quantitative estimate of drug-likeness (QED) is 0.146. The van der Waals surface area contributed by atoms with Gasteiger partial charge in [-0.2, -0.15) is 0 Å². The zero-order valence-electron chi connectivity index (χ0n) is 29.0. The lowest BCUT2D eigenvalue weighted by Gasteiger charge is -2.24. The highest BCUT2D eigenvalue weighted by molar-refractivity contribution is 8.12. The Morgan fingerprint density at radius 1 is 1.16 bits per heavy atom. The van der Waals surface area contributed by atoms with Gasteiger partial charge in [0.15, 0.2) is 0 Å². The van der Waals surface area contributed by atoms with Crippen LogP contribution in [-0.2, 0) is 11.2 Å². The van der Waals surface area contributed by atoms with Gasteiger partial charge in [0.1, 0.15) is 12.0 Å². The Morgan fingerprint density at radius 3 is 2.49 bits per heavy atom. The van der Waals surface area contributed by atoms with E-state index in [9.17, 15) is 14.7 Å². The Labute approximate surface area is 277 Å². The molecule has 8 nitrogen and oxygen atoms in total. The van der Waals surface area contributed by atoms with Crippen LogP contribution >= 0.6 is 11.8 Å². The highest BCUT2D eigenvalue weighted by Crippen LogP contribution is 2.36. The molecule has 0 saturated carbocycles. The molecule has 0 aliphatic carbocycles. The van der Waals surface area contributed by atoms with E-state index in [1.54, 1.807) is 13.0 Å². The van der Waals surface area contributed by atoms with E-state index in [1.807, 2.05) is 18.4 Å². The number of fused-ring (bicyclic) bond motifs is 1. The Bertz CT molecular complexity index is 1020. The van der Waals surface area contributed by atoms with E-state index < -0.39 is 11.4 Å². The van der Waals surface area contributed by atoms with E-state index in [0.29, 0.717) is 18.5 Å². The molecular formula is C36H61N3O5S. The fourth-order valence-electron chi connectivity index (χ4n) is 5.46. The van der Waals surface area contributed by atoms with Gasteiger partial charge in [0.05, 0.1) is 19.3 Å². The van der Waals surface area contributed by atoms with Gasteiger partial charge < -0.3 is 29.5 Å². The van der Waals surface area contributed by atoms with Crippen LogP contribution in [-0.4, -0.2) is 108 Å². The molecule has 1 aromatic rings. The molecule has 3 rings (SSSR count). The number of benzene rings is 1. The topological polar surface area (TPSA) is 93.6 Å². The second-order valence-corrected chi connectivity index (χ2v) is 13.3. The number of carbonyl (C=O) groups is 2. The van der Waals surface area contributed by atoms with Gasteiger partial charge in [0, 0.05) is 32.6 Å². The summed E-state index contributed by atoms with van der Waals surface area (Å²) in [4.78, 5) is 27.4. The highest BCUT2D eigenvalue weighted by atomic mass is 32.2. The number of carbonyl (C=O) groups excluding carboxylic acids is 1. The third-order valence-electron chi connectivity index (χ3n) is 8.07. The van der Waals surface area contributed by atoms with Gasteiger partial charge in [-0.15, -0.1) is 0 Å². The number of aliphatic hydroxyl groups excluding tert-OH is 1. The third-order valence-corrected chi connectivity index (χ3v) is 8.42. The number of hydrogen-bond acceptors (Lipinski definition) is 8. The van der Waals surface area contributed by atoms with Crippen molar-refractivity contribution in [3.05, 3.63) is 53.8 Å². The number of aliphatic hydroxyl groups is 1. The number of hydrogen-bond donors (Lipinski definition) is 2. The van der Waals surface area contributed by atoms with Crippen molar-refractivity contribution in [2.45, 2.75) is 90.7 Å². The maximum absolute atomic E-state index is 11.2. The SMILES string of the molecule is CC(O)/C=C\C=C/N(C)CC[C@H]1CC(c2ccc3c(c2)CCO3)CN1CC=O.CCCCN(C)CCCC(C)C.CSC(=O)O. The van der Waals surface area contributed by atoms with Crippen LogP contribution < -0.4 is 4.74 Å². The van der Waals surface area contributed by atoms with Crippen molar-refractivity contribution in [2.24, 2.45) is 5.92 Å². The van der Waals surface area contributed by atoms with Gasteiger partial charge in [0.2, 0.25) is 0 Å². The first-order valence-corrected chi connectivity index (χ1v) is 17.8. The molecule has 3 atom stereocenters. The molecule has 2 heterocycles. The molecular weight excluding hydrogens is 586 g/mol. The van der Waals surface area contributed by atoms with Crippen LogP contribution in [0.25, 0.3) is 0 Å². The molecule has 9 heteroatoms. The van der Waals surface area contributed by atoms with Crippen LogP contribution in [0.2, 0.25) is 0 Å². The number of nitrogens with zero attached hydrogens (tertiary/aromatic N) is 3. The van der Waals surface area contributed by atoms with Crippen molar-refractivity contribution in [1.82, 2.24) is 14.7 Å². The summed E-state index contributed by atoms with van der Waals surface area (Å²) in [6.45, 7) is 14.3. The maximum Gasteiger partial charge on any atom is 0.364 e.